The van der Waals surface area contributed by atoms with Gasteiger partial charge < -0.3 is 5.32 Å². The largest absolute Gasteiger partial charge is 0.354 e. The second-order valence-corrected chi connectivity index (χ2v) is 4.90. The predicted molar refractivity (Wildman–Crippen MR) is 79.2 cm³/mol. The minimum Gasteiger partial charge on any atom is -0.354 e. The van der Waals surface area contributed by atoms with E-state index in [1.807, 2.05) is 6.07 Å². The summed E-state index contributed by atoms with van der Waals surface area (Å²) in [4.78, 5) is 4.05. The smallest absolute Gasteiger partial charge is 0.0593 e. The minimum absolute atomic E-state index is 0.957. The fourth-order valence-corrected chi connectivity index (χ4v) is 2.25. The van der Waals surface area contributed by atoms with Gasteiger partial charge in [-0.1, -0.05) is 30.3 Å². The molecule has 0 spiro atoms. The van der Waals surface area contributed by atoms with Crippen LogP contribution < -0.4 is 5.32 Å². The molecule has 0 atom stereocenters. The van der Waals surface area contributed by atoms with E-state index >= 15 is 0 Å². The van der Waals surface area contributed by atoms with Crippen molar-refractivity contribution in [3.63, 3.8) is 0 Å². The molecule has 1 heterocycles. The number of anilines is 2. The fraction of sp³-hybridized carbons (Fsp3) is 0. The summed E-state index contributed by atoms with van der Waals surface area (Å²) >= 11 is 3.48. The van der Waals surface area contributed by atoms with Gasteiger partial charge in [-0.05, 0) is 44.9 Å². The van der Waals surface area contributed by atoms with Crippen molar-refractivity contribution < 1.29 is 0 Å². The number of nitrogens with zero attached hydrogens (tertiary/aromatic N) is 1. The number of hydrogen-bond acceptors (Lipinski definition) is 2. The third-order valence-electron chi connectivity index (χ3n) is 2.80. The highest BCUT2D eigenvalue weighted by molar-refractivity contribution is 9.10. The number of benzene rings is 2. The van der Waals surface area contributed by atoms with Crippen molar-refractivity contribution in [3.8, 4) is 0 Å². The lowest BCUT2D eigenvalue weighted by Crippen LogP contribution is -1.91. The van der Waals surface area contributed by atoms with Crippen molar-refractivity contribution in [2.45, 2.75) is 0 Å². The van der Waals surface area contributed by atoms with Crippen LogP contribution in [0.2, 0.25) is 0 Å². The number of hydrogen-bond donors (Lipinski definition) is 1. The fourth-order valence-electron chi connectivity index (χ4n) is 1.90. The predicted octanol–water partition coefficient (Wildman–Crippen LogP) is 4.74. The van der Waals surface area contributed by atoms with Crippen molar-refractivity contribution in [3.05, 3.63) is 65.4 Å². The average molecular weight is 299 g/mol. The molecular weight excluding hydrogens is 288 g/mol. The Morgan fingerprint density at radius 2 is 1.78 bits per heavy atom. The van der Waals surface area contributed by atoms with Crippen LogP contribution in [0, 0.1) is 0 Å². The molecule has 3 heteroatoms. The average Bonchev–Trinajstić information content (AvgIpc) is 2.41. The summed E-state index contributed by atoms with van der Waals surface area (Å²) < 4.78 is 0.957. The van der Waals surface area contributed by atoms with Crippen LogP contribution in [-0.2, 0) is 0 Å². The van der Waals surface area contributed by atoms with Crippen LogP contribution in [0.5, 0.6) is 0 Å². The maximum atomic E-state index is 4.05. The Morgan fingerprint density at radius 1 is 0.944 bits per heavy atom. The molecule has 0 saturated heterocycles. The molecule has 0 radical (unpaired) electrons. The number of nitrogens with one attached hydrogen (secondary N) is 1. The van der Waals surface area contributed by atoms with Gasteiger partial charge >= 0.3 is 0 Å². The van der Waals surface area contributed by atoms with Gasteiger partial charge in [0.15, 0.2) is 0 Å². The van der Waals surface area contributed by atoms with Gasteiger partial charge in [-0.15, -0.1) is 0 Å². The molecular formula is C15H11BrN2. The lowest BCUT2D eigenvalue weighted by atomic mass is 10.1. The molecule has 3 aromatic rings. The Balaban J connectivity index is 1.98. The first-order chi connectivity index (χ1) is 8.83. The van der Waals surface area contributed by atoms with Crippen LogP contribution >= 0.6 is 15.9 Å². The molecule has 0 bridgehead atoms. The van der Waals surface area contributed by atoms with Crippen LogP contribution in [0.25, 0.3) is 10.8 Å². The Bertz CT molecular complexity index is 695. The number of aromatic nitrogens is 1. The van der Waals surface area contributed by atoms with E-state index in [4.69, 9.17) is 0 Å². The van der Waals surface area contributed by atoms with Gasteiger partial charge in [-0.25, -0.2) is 0 Å². The van der Waals surface area contributed by atoms with Gasteiger partial charge in [-0.2, -0.15) is 0 Å². The molecule has 0 saturated carbocycles. The summed E-state index contributed by atoms with van der Waals surface area (Å²) in [7, 11) is 0. The highest BCUT2D eigenvalue weighted by Crippen LogP contribution is 2.26. The lowest BCUT2D eigenvalue weighted by molar-refractivity contribution is 1.30. The molecule has 2 nitrogen and oxygen atoms in total. The molecule has 3 rings (SSSR count). The van der Waals surface area contributed by atoms with Crippen molar-refractivity contribution in [2.24, 2.45) is 0 Å². The second kappa shape index (κ2) is 4.78. The highest BCUT2D eigenvalue weighted by Gasteiger charge is 2.00. The lowest BCUT2D eigenvalue weighted by Gasteiger charge is -2.09. The Labute approximate surface area is 114 Å². The van der Waals surface area contributed by atoms with Crippen molar-refractivity contribution in [1.82, 2.24) is 4.98 Å². The first kappa shape index (κ1) is 11.2. The number of pyridine rings is 1. The number of fused-ring (bicyclic) bond motifs is 1. The molecule has 0 aliphatic carbocycles. The van der Waals surface area contributed by atoms with Crippen molar-refractivity contribution in [2.75, 3.05) is 5.32 Å². The Morgan fingerprint density at radius 3 is 2.61 bits per heavy atom. The molecule has 0 amide bonds. The van der Waals surface area contributed by atoms with E-state index < -0.39 is 0 Å². The number of rotatable bonds is 2. The highest BCUT2D eigenvalue weighted by atomic mass is 79.9. The van der Waals surface area contributed by atoms with E-state index in [1.54, 1.807) is 12.4 Å². The van der Waals surface area contributed by atoms with Gasteiger partial charge in [0.2, 0.25) is 0 Å². The summed E-state index contributed by atoms with van der Waals surface area (Å²) in [6.45, 7) is 0. The van der Waals surface area contributed by atoms with E-state index in [-0.39, 0.29) is 0 Å². The third kappa shape index (κ3) is 2.22. The molecule has 0 aliphatic heterocycles. The van der Waals surface area contributed by atoms with E-state index in [1.165, 1.54) is 10.8 Å². The molecule has 0 fully saturated rings. The van der Waals surface area contributed by atoms with Crippen LogP contribution in [0.1, 0.15) is 0 Å². The third-order valence-corrected chi connectivity index (χ3v) is 3.43. The normalized spacial score (nSPS) is 10.5. The molecule has 18 heavy (non-hydrogen) atoms. The molecule has 1 N–H and O–H groups in total. The van der Waals surface area contributed by atoms with Crippen LogP contribution in [0.15, 0.2) is 65.4 Å². The zero-order chi connectivity index (χ0) is 12.4. The van der Waals surface area contributed by atoms with Gasteiger partial charge in [0.1, 0.15) is 0 Å². The summed E-state index contributed by atoms with van der Waals surface area (Å²) in [6, 6.07) is 16.6. The van der Waals surface area contributed by atoms with Gasteiger partial charge in [0.05, 0.1) is 10.2 Å². The second-order valence-electron chi connectivity index (χ2n) is 4.04. The van der Waals surface area contributed by atoms with E-state index in [0.717, 1.165) is 15.8 Å². The summed E-state index contributed by atoms with van der Waals surface area (Å²) in [5.41, 5.74) is 2.08. The molecule has 88 valence electrons. The maximum absolute atomic E-state index is 4.05. The van der Waals surface area contributed by atoms with Crippen molar-refractivity contribution >= 4 is 38.1 Å². The van der Waals surface area contributed by atoms with E-state index in [0.29, 0.717) is 0 Å². The molecule has 2 aromatic carbocycles. The van der Waals surface area contributed by atoms with Gasteiger partial charge in [-0.3, -0.25) is 4.98 Å². The van der Waals surface area contributed by atoms with Gasteiger partial charge in [0, 0.05) is 18.1 Å². The number of halogens is 1. The standard InChI is InChI=1S/C15H11BrN2/c16-14-10-17-8-7-15(14)18-13-6-5-11-3-1-2-4-12(11)9-13/h1-10H,(H,17,18). The monoisotopic (exact) mass is 298 g/mol. The maximum Gasteiger partial charge on any atom is 0.0593 e. The topological polar surface area (TPSA) is 24.9 Å². The first-order valence-electron chi connectivity index (χ1n) is 5.68. The quantitative estimate of drug-likeness (QED) is 0.739. The molecule has 0 aliphatic rings. The van der Waals surface area contributed by atoms with Crippen molar-refractivity contribution in [1.29, 1.82) is 0 Å². The zero-order valence-corrected chi connectivity index (χ0v) is 11.2. The van der Waals surface area contributed by atoms with Crippen LogP contribution in [0.4, 0.5) is 11.4 Å². The van der Waals surface area contributed by atoms with E-state index in [2.05, 4.69) is 68.7 Å². The molecule has 0 unspecified atom stereocenters. The molecule has 1 aromatic heterocycles. The Kier molecular flexibility index (Phi) is 2.99. The van der Waals surface area contributed by atoms with Crippen LogP contribution in [0.3, 0.4) is 0 Å². The summed E-state index contributed by atoms with van der Waals surface area (Å²) in [6.07, 6.45) is 3.55. The van der Waals surface area contributed by atoms with Crippen LogP contribution in [-0.4, -0.2) is 4.98 Å². The van der Waals surface area contributed by atoms with E-state index in [9.17, 15) is 0 Å². The summed E-state index contributed by atoms with van der Waals surface area (Å²) in [5, 5.41) is 5.85. The Hall–Kier alpha value is -1.87. The minimum atomic E-state index is 0.957. The zero-order valence-electron chi connectivity index (χ0n) is 9.60. The van der Waals surface area contributed by atoms with Gasteiger partial charge in [0.25, 0.3) is 0 Å². The SMILES string of the molecule is Brc1cnccc1Nc1ccc2ccccc2c1. The first-order valence-corrected chi connectivity index (χ1v) is 6.47. The summed E-state index contributed by atoms with van der Waals surface area (Å²) in [5.74, 6) is 0.